The number of amides is 2. The summed E-state index contributed by atoms with van der Waals surface area (Å²) in [5, 5.41) is 0.429. The number of fused-ring (bicyclic) bond motifs is 1. The number of sulfonamides is 1. The number of hydrogen-bond acceptors (Lipinski definition) is 6. The van der Waals surface area contributed by atoms with Gasteiger partial charge >= 0.3 is 0 Å². The lowest BCUT2D eigenvalue weighted by Crippen LogP contribution is -2.37. The molecular weight excluding hydrogens is 422 g/mol. The molecule has 1 atom stereocenters. The highest BCUT2D eigenvalue weighted by Crippen LogP contribution is 2.28. The molecule has 2 heterocycles. The maximum absolute atomic E-state index is 12.9. The van der Waals surface area contributed by atoms with Crippen LogP contribution in [0.1, 0.15) is 6.42 Å². The van der Waals surface area contributed by atoms with Gasteiger partial charge in [-0.05, 0) is 54.8 Å². The number of anilines is 1. The van der Waals surface area contributed by atoms with Crippen LogP contribution >= 0.6 is 11.8 Å². The first-order valence-electron chi connectivity index (χ1n) is 9.24. The Labute approximate surface area is 178 Å². The minimum atomic E-state index is -4.10. The van der Waals surface area contributed by atoms with E-state index in [1.165, 1.54) is 11.0 Å². The van der Waals surface area contributed by atoms with Crippen LogP contribution in [0.3, 0.4) is 0 Å². The third-order valence-electron chi connectivity index (χ3n) is 5.01. The fourth-order valence-electron chi connectivity index (χ4n) is 3.48. The van der Waals surface area contributed by atoms with E-state index in [0.717, 1.165) is 4.90 Å². The topological polar surface area (TPSA) is 96.4 Å². The van der Waals surface area contributed by atoms with E-state index in [-0.39, 0.29) is 23.8 Å². The summed E-state index contributed by atoms with van der Waals surface area (Å²) < 4.78 is 27.9. The van der Waals surface area contributed by atoms with E-state index >= 15 is 0 Å². The van der Waals surface area contributed by atoms with Gasteiger partial charge in [0.05, 0.1) is 16.3 Å². The van der Waals surface area contributed by atoms with Crippen molar-refractivity contribution in [3.05, 3.63) is 60.8 Å². The molecule has 0 bridgehead atoms. The summed E-state index contributed by atoms with van der Waals surface area (Å²) in [6.45, 7) is 0.135. The van der Waals surface area contributed by atoms with E-state index in [2.05, 4.69) is 9.71 Å². The van der Waals surface area contributed by atoms with Crippen molar-refractivity contribution in [2.75, 3.05) is 17.7 Å². The van der Waals surface area contributed by atoms with Crippen LogP contribution in [0.4, 0.5) is 5.69 Å². The van der Waals surface area contributed by atoms with Crippen LogP contribution in [0.15, 0.2) is 70.6 Å². The van der Waals surface area contributed by atoms with Gasteiger partial charge in [-0.2, -0.15) is 0 Å². The van der Waals surface area contributed by atoms with Crippen LogP contribution in [0.5, 0.6) is 0 Å². The van der Waals surface area contributed by atoms with E-state index in [4.69, 9.17) is 0 Å². The average molecular weight is 442 g/mol. The highest BCUT2D eigenvalue weighted by Gasteiger charge is 2.37. The predicted octanol–water partition coefficient (Wildman–Crippen LogP) is 2.81. The molecule has 1 aromatic heterocycles. The Morgan fingerprint density at radius 2 is 1.90 bits per heavy atom. The molecule has 1 aliphatic heterocycles. The molecule has 3 aromatic rings. The molecule has 1 fully saturated rings. The number of nitrogens with one attached hydrogen (secondary N) is 1. The molecule has 30 heavy (non-hydrogen) atoms. The number of thioether (sulfide) groups is 1. The second kappa shape index (κ2) is 8.08. The van der Waals surface area contributed by atoms with E-state index in [9.17, 15) is 18.0 Å². The molecule has 9 heteroatoms. The second-order valence-corrected chi connectivity index (χ2v) is 9.43. The molecule has 0 radical (unpaired) electrons. The number of aromatic nitrogens is 1. The van der Waals surface area contributed by atoms with Crippen molar-refractivity contribution in [2.45, 2.75) is 16.2 Å². The maximum atomic E-state index is 12.9. The quantitative estimate of drug-likeness (QED) is 0.612. The summed E-state index contributed by atoms with van der Waals surface area (Å²) in [6.07, 6.45) is 3.49. The SMILES string of the molecule is CSc1ccc(N2C[C@@H](C(=O)NS(=O)(=O)c3cccc4ncccc34)CC2=O)cc1. The van der Waals surface area contributed by atoms with Gasteiger partial charge in [0, 0.05) is 35.1 Å². The highest BCUT2D eigenvalue weighted by molar-refractivity contribution is 7.98. The van der Waals surface area contributed by atoms with Crippen molar-refractivity contribution in [1.29, 1.82) is 0 Å². The zero-order valence-electron chi connectivity index (χ0n) is 16.1. The van der Waals surface area contributed by atoms with Gasteiger partial charge in [0.25, 0.3) is 10.0 Å². The molecule has 0 aliphatic carbocycles. The van der Waals surface area contributed by atoms with Crippen molar-refractivity contribution in [1.82, 2.24) is 9.71 Å². The molecule has 0 spiro atoms. The lowest BCUT2D eigenvalue weighted by Gasteiger charge is -2.17. The third-order valence-corrected chi connectivity index (χ3v) is 7.16. The zero-order chi connectivity index (χ0) is 21.3. The van der Waals surface area contributed by atoms with Crippen molar-refractivity contribution in [3.8, 4) is 0 Å². The van der Waals surface area contributed by atoms with Gasteiger partial charge in [-0.3, -0.25) is 14.6 Å². The van der Waals surface area contributed by atoms with Gasteiger partial charge in [0.2, 0.25) is 11.8 Å². The van der Waals surface area contributed by atoms with Gasteiger partial charge < -0.3 is 4.90 Å². The van der Waals surface area contributed by atoms with Gasteiger partial charge in [0.15, 0.2) is 0 Å². The number of benzene rings is 2. The van der Waals surface area contributed by atoms with Crippen LogP contribution < -0.4 is 9.62 Å². The number of nitrogens with zero attached hydrogens (tertiary/aromatic N) is 2. The minimum Gasteiger partial charge on any atom is -0.312 e. The van der Waals surface area contributed by atoms with Crippen LogP contribution in [-0.4, -0.2) is 38.0 Å². The summed E-state index contributed by atoms with van der Waals surface area (Å²) in [5.41, 5.74) is 1.21. The smallest absolute Gasteiger partial charge is 0.264 e. The summed E-state index contributed by atoms with van der Waals surface area (Å²) in [4.78, 5) is 31.9. The van der Waals surface area contributed by atoms with Crippen molar-refractivity contribution in [2.24, 2.45) is 5.92 Å². The fourth-order valence-corrected chi connectivity index (χ4v) is 5.14. The molecular formula is C21H19N3O4S2. The Morgan fingerprint density at radius 1 is 1.13 bits per heavy atom. The second-order valence-electron chi connectivity index (χ2n) is 6.90. The minimum absolute atomic E-state index is 0.0183. The first kappa shape index (κ1) is 20.4. The lowest BCUT2D eigenvalue weighted by molar-refractivity contribution is -0.124. The maximum Gasteiger partial charge on any atom is 0.264 e. The Hall–Kier alpha value is -2.91. The van der Waals surface area contributed by atoms with E-state index in [1.807, 2.05) is 30.5 Å². The van der Waals surface area contributed by atoms with Gasteiger partial charge in [0.1, 0.15) is 0 Å². The molecule has 7 nitrogen and oxygen atoms in total. The normalized spacial score (nSPS) is 16.8. The number of rotatable bonds is 5. The Morgan fingerprint density at radius 3 is 2.63 bits per heavy atom. The van der Waals surface area contributed by atoms with Gasteiger partial charge in [-0.25, -0.2) is 13.1 Å². The fraction of sp³-hybridized carbons (Fsp3) is 0.190. The van der Waals surface area contributed by atoms with Gasteiger partial charge in [-0.15, -0.1) is 11.8 Å². The molecule has 2 amide bonds. The van der Waals surface area contributed by atoms with E-state index < -0.39 is 21.8 Å². The standard InChI is InChI=1S/C21H19N3O4S2/c1-29-16-9-7-15(8-10-16)24-13-14(12-20(24)25)21(26)23-30(27,28)19-6-2-5-18-17(19)4-3-11-22-18/h2-11,14H,12-13H2,1H3,(H,23,26)/t14-/m0/s1. The monoisotopic (exact) mass is 441 g/mol. The van der Waals surface area contributed by atoms with Crippen molar-refractivity contribution < 1.29 is 18.0 Å². The van der Waals surface area contributed by atoms with Crippen LogP contribution in [0.2, 0.25) is 0 Å². The Kier molecular flexibility index (Phi) is 5.48. The van der Waals surface area contributed by atoms with E-state index in [0.29, 0.717) is 16.6 Å². The third kappa shape index (κ3) is 3.90. The Balaban J connectivity index is 1.52. The molecule has 2 aromatic carbocycles. The molecule has 0 saturated carbocycles. The predicted molar refractivity (Wildman–Crippen MR) is 116 cm³/mol. The molecule has 0 unspecified atom stereocenters. The first-order chi connectivity index (χ1) is 14.4. The molecule has 1 aliphatic rings. The summed E-state index contributed by atoms with van der Waals surface area (Å²) in [6, 6.07) is 15.4. The zero-order valence-corrected chi connectivity index (χ0v) is 17.7. The highest BCUT2D eigenvalue weighted by atomic mass is 32.2. The summed E-state index contributed by atoms with van der Waals surface area (Å²) in [7, 11) is -4.10. The average Bonchev–Trinajstić information content (AvgIpc) is 3.15. The van der Waals surface area contributed by atoms with Crippen LogP contribution in [0, 0.1) is 5.92 Å². The molecule has 1 saturated heterocycles. The summed E-state index contributed by atoms with van der Waals surface area (Å²) in [5.74, 6) is -1.65. The molecule has 1 N–H and O–H groups in total. The lowest BCUT2D eigenvalue weighted by atomic mass is 10.1. The number of pyridine rings is 1. The largest absolute Gasteiger partial charge is 0.312 e. The van der Waals surface area contributed by atoms with Crippen molar-refractivity contribution >= 4 is 50.2 Å². The molecule has 4 rings (SSSR count). The number of hydrogen-bond donors (Lipinski definition) is 1. The molecule has 154 valence electrons. The summed E-state index contributed by atoms with van der Waals surface area (Å²) >= 11 is 1.59. The first-order valence-corrected chi connectivity index (χ1v) is 11.9. The number of carbonyl (C=O) groups is 2. The van der Waals surface area contributed by atoms with Crippen LogP contribution in [-0.2, 0) is 19.6 Å². The van der Waals surface area contributed by atoms with E-state index in [1.54, 1.807) is 42.2 Å². The van der Waals surface area contributed by atoms with Crippen LogP contribution in [0.25, 0.3) is 10.9 Å². The Bertz CT molecular complexity index is 1220. The van der Waals surface area contributed by atoms with Gasteiger partial charge in [-0.1, -0.05) is 6.07 Å². The number of carbonyl (C=O) groups excluding carboxylic acids is 2. The van der Waals surface area contributed by atoms with Crippen molar-refractivity contribution in [3.63, 3.8) is 0 Å².